The number of aliphatic hydroxyl groups is 1. The van der Waals surface area contributed by atoms with Gasteiger partial charge in [-0.25, -0.2) is 0 Å². The van der Waals surface area contributed by atoms with Crippen molar-refractivity contribution in [2.75, 3.05) is 12.4 Å². The molecule has 6 heteroatoms. The van der Waals surface area contributed by atoms with Crippen molar-refractivity contribution in [2.45, 2.75) is 36.6 Å². The first-order valence-electron chi connectivity index (χ1n) is 9.27. The Hall–Kier alpha value is -2.15. The molecule has 0 saturated carbocycles. The number of ether oxygens (including phenoxy) is 1. The van der Waals surface area contributed by atoms with Crippen LogP contribution < -0.4 is 0 Å². The third-order valence-electron chi connectivity index (χ3n) is 4.76. The number of para-hydroxylation sites is 1. The molecular formula is C21H23N3O2S. The molecule has 0 spiro atoms. The number of aryl methyl sites for hydroxylation is 1. The van der Waals surface area contributed by atoms with Crippen LogP contribution in [0.3, 0.4) is 0 Å². The second kappa shape index (κ2) is 8.69. The summed E-state index contributed by atoms with van der Waals surface area (Å²) in [5.41, 5.74) is 3.65. The second-order valence-corrected chi connectivity index (χ2v) is 7.68. The first kappa shape index (κ1) is 18.2. The van der Waals surface area contributed by atoms with Crippen LogP contribution in [0.2, 0.25) is 0 Å². The Kier molecular flexibility index (Phi) is 5.87. The molecule has 0 amide bonds. The van der Waals surface area contributed by atoms with Crippen LogP contribution in [0.25, 0.3) is 5.69 Å². The summed E-state index contributed by atoms with van der Waals surface area (Å²) in [7, 11) is 0. The van der Waals surface area contributed by atoms with E-state index in [4.69, 9.17) is 4.74 Å². The maximum atomic E-state index is 10.4. The zero-order chi connectivity index (χ0) is 18.5. The molecule has 1 aromatic heterocycles. The molecule has 2 atom stereocenters. The molecule has 2 aromatic carbocycles. The number of benzene rings is 2. The quantitative estimate of drug-likeness (QED) is 0.631. The zero-order valence-electron chi connectivity index (χ0n) is 15.1. The fraction of sp³-hybridized carbons (Fsp3) is 0.333. The summed E-state index contributed by atoms with van der Waals surface area (Å²) >= 11 is 1.49. The second-order valence-electron chi connectivity index (χ2n) is 6.70. The van der Waals surface area contributed by atoms with Gasteiger partial charge in [-0.05, 0) is 42.5 Å². The molecule has 27 heavy (non-hydrogen) atoms. The largest absolute Gasteiger partial charge is 0.390 e. The highest BCUT2D eigenvalue weighted by Crippen LogP contribution is 2.32. The molecule has 0 bridgehead atoms. The van der Waals surface area contributed by atoms with E-state index in [0.717, 1.165) is 30.1 Å². The maximum absolute atomic E-state index is 10.4. The number of hydrogen-bond acceptors (Lipinski definition) is 5. The van der Waals surface area contributed by atoms with E-state index >= 15 is 0 Å². The Labute approximate surface area is 163 Å². The van der Waals surface area contributed by atoms with Crippen molar-refractivity contribution in [2.24, 2.45) is 0 Å². The van der Waals surface area contributed by atoms with Crippen molar-refractivity contribution in [3.05, 3.63) is 72.1 Å². The summed E-state index contributed by atoms with van der Waals surface area (Å²) in [6.07, 6.45) is 4.49. The van der Waals surface area contributed by atoms with Gasteiger partial charge in [0.15, 0.2) is 5.16 Å². The predicted molar refractivity (Wildman–Crippen MR) is 106 cm³/mol. The highest BCUT2D eigenvalue weighted by molar-refractivity contribution is 7.99. The van der Waals surface area contributed by atoms with E-state index in [-0.39, 0.29) is 6.10 Å². The lowest BCUT2D eigenvalue weighted by molar-refractivity contribution is -0.00960. The molecule has 4 rings (SSSR count). The van der Waals surface area contributed by atoms with Crippen LogP contribution >= 0.6 is 11.8 Å². The van der Waals surface area contributed by atoms with Gasteiger partial charge in [-0.15, -0.1) is 10.2 Å². The molecule has 140 valence electrons. The van der Waals surface area contributed by atoms with E-state index in [2.05, 4.69) is 34.5 Å². The standard InChI is InChI=1S/C21H23N3O2S/c25-18(13-26-20-12-6-8-16-7-4-5-11-19(16)20)14-27-21-23-22-15-24(21)17-9-2-1-3-10-17/h1-5,7,9-11,15,18,20,25H,6,8,12-14H2. The van der Waals surface area contributed by atoms with E-state index < -0.39 is 6.10 Å². The van der Waals surface area contributed by atoms with Gasteiger partial charge < -0.3 is 9.84 Å². The van der Waals surface area contributed by atoms with Crippen molar-refractivity contribution in [3.63, 3.8) is 0 Å². The molecule has 1 aliphatic carbocycles. The molecule has 0 saturated heterocycles. The molecule has 1 N–H and O–H groups in total. The van der Waals surface area contributed by atoms with Crippen molar-refractivity contribution in [1.82, 2.24) is 14.8 Å². The lowest BCUT2D eigenvalue weighted by atomic mass is 9.89. The van der Waals surface area contributed by atoms with Crippen molar-refractivity contribution < 1.29 is 9.84 Å². The third kappa shape index (κ3) is 4.40. The summed E-state index contributed by atoms with van der Waals surface area (Å²) in [5.74, 6) is 0.514. The molecule has 2 unspecified atom stereocenters. The molecular weight excluding hydrogens is 358 g/mol. The average molecular weight is 382 g/mol. The maximum Gasteiger partial charge on any atom is 0.195 e. The van der Waals surface area contributed by atoms with Crippen LogP contribution in [0.15, 0.2) is 66.1 Å². The van der Waals surface area contributed by atoms with Gasteiger partial charge in [0.2, 0.25) is 0 Å². The van der Waals surface area contributed by atoms with Crippen LogP contribution in [0, 0.1) is 0 Å². The fourth-order valence-corrected chi connectivity index (χ4v) is 4.25. The number of fused-ring (bicyclic) bond motifs is 1. The summed E-state index contributed by atoms with van der Waals surface area (Å²) in [4.78, 5) is 0. The van der Waals surface area contributed by atoms with Gasteiger partial charge in [0.05, 0.1) is 18.8 Å². The number of hydrogen-bond donors (Lipinski definition) is 1. The summed E-state index contributed by atoms with van der Waals surface area (Å²) in [6, 6.07) is 18.4. The highest BCUT2D eigenvalue weighted by atomic mass is 32.2. The third-order valence-corrected chi connectivity index (χ3v) is 5.85. The highest BCUT2D eigenvalue weighted by Gasteiger charge is 2.21. The van der Waals surface area contributed by atoms with Gasteiger partial charge >= 0.3 is 0 Å². The van der Waals surface area contributed by atoms with Gasteiger partial charge in [0, 0.05) is 11.4 Å². The summed E-state index contributed by atoms with van der Waals surface area (Å²) < 4.78 is 7.98. The predicted octanol–water partition coefficient (Wildman–Crippen LogP) is 3.81. The van der Waals surface area contributed by atoms with Gasteiger partial charge in [-0.1, -0.05) is 54.2 Å². The van der Waals surface area contributed by atoms with Gasteiger partial charge in [-0.2, -0.15) is 0 Å². The smallest absolute Gasteiger partial charge is 0.195 e. The Morgan fingerprint density at radius 1 is 1.15 bits per heavy atom. The first-order valence-corrected chi connectivity index (χ1v) is 10.3. The molecule has 1 aliphatic rings. The molecule has 1 heterocycles. The minimum atomic E-state index is -0.551. The number of thioether (sulfide) groups is 1. The van der Waals surface area contributed by atoms with Crippen molar-refractivity contribution in [3.8, 4) is 5.69 Å². The van der Waals surface area contributed by atoms with Crippen molar-refractivity contribution in [1.29, 1.82) is 0 Å². The van der Waals surface area contributed by atoms with E-state index in [0.29, 0.717) is 12.4 Å². The topological polar surface area (TPSA) is 60.2 Å². The Bertz CT molecular complexity index is 869. The molecule has 0 radical (unpaired) electrons. The number of aromatic nitrogens is 3. The number of nitrogens with zero attached hydrogens (tertiary/aromatic N) is 3. The summed E-state index contributed by atoms with van der Waals surface area (Å²) in [5, 5.41) is 19.3. The molecule has 0 fully saturated rings. The van der Waals surface area contributed by atoms with Crippen LogP contribution in [0.5, 0.6) is 0 Å². The van der Waals surface area contributed by atoms with E-state index in [9.17, 15) is 5.11 Å². The van der Waals surface area contributed by atoms with Gasteiger partial charge in [0.25, 0.3) is 0 Å². The van der Waals surface area contributed by atoms with Crippen LogP contribution in [0.1, 0.15) is 30.1 Å². The Balaban J connectivity index is 1.32. The molecule has 5 nitrogen and oxygen atoms in total. The fourth-order valence-electron chi connectivity index (χ4n) is 3.42. The molecule has 3 aromatic rings. The van der Waals surface area contributed by atoms with Crippen LogP contribution in [-0.4, -0.2) is 38.3 Å². The minimum absolute atomic E-state index is 0.0857. The number of aliphatic hydroxyl groups excluding tert-OH is 1. The SMILES string of the molecule is OC(COC1CCCc2ccccc21)CSc1nncn1-c1ccccc1. The number of rotatable bonds is 7. The lowest BCUT2D eigenvalue weighted by Crippen LogP contribution is -2.22. The van der Waals surface area contributed by atoms with E-state index in [1.54, 1.807) is 6.33 Å². The van der Waals surface area contributed by atoms with Crippen LogP contribution in [-0.2, 0) is 11.2 Å². The Morgan fingerprint density at radius 2 is 1.96 bits per heavy atom. The van der Waals surface area contributed by atoms with E-state index in [1.165, 1.54) is 22.9 Å². The van der Waals surface area contributed by atoms with Crippen molar-refractivity contribution >= 4 is 11.8 Å². The zero-order valence-corrected chi connectivity index (χ0v) is 15.9. The van der Waals surface area contributed by atoms with Crippen LogP contribution in [0.4, 0.5) is 0 Å². The monoisotopic (exact) mass is 381 g/mol. The molecule has 0 aliphatic heterocycles. The van der Waals surface area contributed by atoms with Gasteiger partial charge in [0.1, 0.15) is 6.33 Å². The lowest BCUT2D eigenvalue weighted by Gasteiger charge is -2.26. The normalized spacial score (nSPS) is 17.4. The van der Waals surface area contributed by atoms with Gasteiger partial charge in [-0.3, -0.25) is 4.57 Å². The summed E-state index contributed by atoms with van der Waals surface area (Å²) in [6.45, 7) is 0.325. The minimum Gasteiger partial charge on any atom is -0.390 e. The first-order chi connectivity index (χ1) is 13.3. The Morgan fingerprint density at radius 3 is 2.85 bits per heavy atom. The van der Waals surface area contributed by atoms with E-state index in [1.807, 2.05) is 34.9 Å². The average Bonchev–Trinajstić information content (AvgIpc) is 3.20.